The fourth-order valence-electron chi connectivity index (χ4n) is 0.904. The predicted octanol–water partition coefficient (Wildman–Crippen LogP) is 1.99. The third kappa shape index (κ3) is 2.53. The molecule has 0 aliphatic carbocycles. The van der Waals surface area contributed by atoms with E-state index in [9.17, 15) is 4.79 Å². The van der Waals surface area contributed by atoms with Crippen molar-refractivity contribution in [1.29, 1.82) is 0 Å². The number of amides is 1. The van der Waals surface area contributed by atoms with Crippen molar-refractivity contribution in [2.24, 2.45) is 0 Å². The monoisotopic (exact) mass is 167 g/mol. The molecule has 0 spiro atoms. The first-order valence-electron chi connectivity index (χ1n) is 4.11. The van der Waals surface area contributed by atoms with Crippen molar-refractivity contribution in [2.75, 3.05) is 7.05 Å². The van der Waals surface area contributed by atoms with Gasteiger partial charge in [0, 0.05) is 13.1 Å². The van der Waals surface area contributed by atoms with Crippen LogP contribution in [0.1, 0.15) is 20.3 Å². The smallest absolute Gasteiger partial charge is 0.246 e. The summed E-state index contributed by atoms with van der Waals surface area (Å²) in [5.41, 5.74) is 1.06. The molecule has 0 rings (SSSR count). The van der Waals surface area contributed by atoms with E-state index in [1.54, 1.807) is 11.9 Å². The fraction of sp³-hybridized carbons (Fsp3) is 0.500. The van der Waals surface area contributed by atoms with Crippen LogP contribution < -0.4 is 0 Å². The second kappa shape index (κ2) is 4.75. The highest BCUT2D eigenvalue weighted by Crippen LogP contribution is 2.09. The topological polar surface area (TPSA) is 20.3 Å². The Balaban J connectivity index is 4.27. The van der Waals surface area contributed by atoms with Crippen LogP contribution in [0, 0.1) is 0 Å². The molecule has 0 radical (unpaired) electrons. The number of likely N-dealkylation sites (N-methyl/N-ethyl adjacent to an activating group) is 1. The zero-order valence-corrected chi connectivity index (χ0v) is 8.13. The Kier molecular flexibility index (Phi) is 4.34. The molecule has 2 nitrogen and oxygen atoms in total. The van der Waals surface area contributed by atoms with Gasteiger partial charge in [-0.15, -0.1) is 0 Å². The second-order valence-corrected chi connectivity index (χ2v) is 2.84. The summed E-state index contributed by atoms with van der Waals surface area (Å²) in [4.78, 5) is 12.8. The highest BCUT2D eigenvalue weighted by atomic mass is 16.2. The molecular formula is C10H17NO. The van der Waals surface area contributed by atoms with Crippen LogP contribution in [0.2, 0.25) is 0 Å². The second-order valence-electron chi connectivity index (χ2n) is 2.84. The van der Waals surface area contributed by atoms with Crippen molar-refractivity contribution < 1.29 is 4.79 Å². The van der Waals surface area contributed by atoms with Crippen LogP contribution in [0.15, 0.2) is 24.8 Å². The van der Waals surface area contributed by atoms with Crippen molar-refractivity contribution >= 4 is 5.91 Å². The van der Waals surface area contributed by atoms with Gasteiger partial charge in [0.05, 0.1) is 0 Å². The Hall–Kier alpha value is -1.05. The molecule has 1 unspecified atom stereocenters. The first-order valence-corrected chi connectivity index (χ1v) is 4.11. The maximum Gasteiger partial charge on any atom is 0.246 e. The Morgan fingerprint density at radius 2 is 2.17 bits per heavy atom. The maximum atomic E-state index is 11.1. The van der Waals surface area contributed by atoms with Crippen molar-refractivity contribution in [3.63, 3.8) is 0 Å². The molecule has 0 aliphatic rings. The first kappa shape index (κ1) is 11.0. The molecule has 0 bridgehead atoms. The molecule has 0 aromatic rings. The van der Waals surface area contributed by atoms with E-state index in [2.05, 4.69) is 13.2 Å². The summed E-state index contributed by atoms with van der Waals surface area (Å²) in [6, 6.07) is 0.0977. The molecule has 12 heavy (non-hydrogen) atoms. The van der Waals surface area contributed by atoms with Crippen LogP contribution in [0.25, 0.3) is 0 Å². The van der Waals surface area contributed by atoms with Crippen LogP contribution >= 0.6 is 0 Å². The average molecular weight is 167 g/mol. The lowest BCUT2D eigenvalue weighted by atomic mass is 10.1. The number of nitrogens with zero attached hydrogens (tertiary/aromatic N) is 1. The summed E-state index contributed by atoms with van der Waals surface area (Å²) in [6.45, 7) is 11.3. The van der Waals surface area contributed by atoms with Gasteiger partial charge in [-0.3, -0.25) is 4.79 Å². The maximum absolute atomic E-state index is 11.1. The van der Waals surface area contributed by atoms with Crippen LogP contribution in [0.3, 0.4) is 0 Å². The van der Waals surface area contributed by atoms with Crippen molar-refractivity contribution in [1.82, 2.24) is 4.90 Å². The summed E-state index contributed by atoms with van der Waals surface area (Å²) in [5.74, 6) is -0.0582. The Bertz CT molecular complexity index is 196. The number of carbonyl (C=O) groups is 1. The summed E-state index contributed by atoms with van der Waals surface area (Å²) >= 11 is 0. The van der Waals surface area contributed by atoms with Crippen LogP contribution in [-0.4, -0.2) is 23.9 Å². The van der Waals surface area contributed by atoms with Gasteiger partial charge in [-0.2, -0.15) is 0 Å². The third-order valence-corrected chi connectivity index (χ3v) is 2.15. The average Bonchev–Trinajstić information content (AvgIpc) is 2.12. The van der Waals surface area contributed by atoms with E-state index in [0.717, 1.165) is 12.0 Å². The standard InChI is InChI=1S/C10H17NO/c1-6-8(3)9(4)11(5)10(12)7-2/h7,9H,2-3,6H2,1,4-5H3. The molecule has 1 amide bonds. The SMILES string of the molecule is C=CC(=O)N(C)C(C)C(=C)CC. The highest BCUT2D eigenvalue weighted by Gasteiger charge is 2.13. The Morgan fingerprint density at radius 1 is 1.67 bits per heavy atom. The molecule has 2 heteroatoms. The van der Waals surface area contributed by atoms with Crippen LogP contribution in [-0.2, 0) is 4.79 Å². The molecule has 0 heterocycles. The Morgan fingerprint density at radius 3 is 2.50 bits per heavy atom. The van der Waals surface area contributed by atoms with E-state index in [1.807, 2.05) is 13.8 Å². The number of carbonyl (C=O) groups excluding carboxylic acids is 1. The highest BCUT2D eigenvalue weighted by molar-refractivity contribution is 5.87. The minimum Gasteiger partial charge on any atom is -0.336 e. The molecule has 0 aromatic carbocycles. The fourth-order valence-corrected chi connectivity index (χ4v) is 0.904. The predicted molar refractivity (Wildman–Crippen MR) is 51.9 cm³/mol. The van der Waals surface area contributed by atoms with Gasteiger partial charge in [0.25, 0.3) is 0 Å². The lowest BCUT2D eigenvalue weighted by Crippen LogP contribution is -2.34. The first-order chi connectivity index (χ1) is 5.54. The van der Waals surface area contributed by atoms with E-state index >= 15 is 0 Å². The number of hydrogen-bond acceptors (Lipinski definition) is 1. The zero-order chi connectivity index (χ0) is 9.72. The zero-order valence-electron chi connectivity index (χ0n) is 8.13. The van der Waals surface area contributed by atoms with Gasteiger partial charge in [0.15, 0.2) is 0 Å². The van der Waals surface area contributed by atoms with Gasteiger partial charge in [-0.1, -0.05) is 25.7 Å². The van der Waals surface area contributed by atoms with Crippen molar-refractivity contribution in [2.45, 2.75) is 26.3 Å². The van der Waals surface area contributed by atoms with Crippen LogP contribution in [0.5, 0.6) is 0 Å². The normalized spacial score (nSPS) is 11.9. The molecule has 0 aliphatic heterocycles. The summed E-state index contributed by atoms with van der Waals surface area (Å²) in [6.07, 6.45) is 2.22. The van der Waals surface area contributed by atoms with E-state index < -0.39 is 0 Å². The largest absolute Gasteiger partial charge is 0.336 e. The van der Waals surface area contributed by atoms with Gasteiger partial charge in [-0.05, 0) is 19.4 Å². The quantitative estimate of drug-likeness (QED) is 0.463. The molecule has 0 saturated heterocycles. The third-order valence-electron chi connectivity index (χ3n) is 2.15. The Labute approximate surface area is 74.6 Å². The van der Waals surface area contributed by atoms with Crippen molar-refractivity contribution in [3.05, 3.63) is 24.8 Å². The molecule has 68 valence electrons. The summed E-state index contributed by atoms with van der Waals surface area (Å²) in [5, 5.41) is 0. The summed E-state index contributed by atoms with van der Waals surface area (Å²) in [7, 11) is 1.76. The lowest BCUT2D eigenvalue weighted by Gasteiger charge is -2.24. The van der Waals surface area contributed by atoms with Gasteiger partial charge in [-0.25, -0.2) is 0 Å². The molecule has 1 atom stereocenters. The molecule has 0 N–H and O–H groups in total. The molecule has 0 fully saturated rings. The minimum atomic E-state index is -0.0582. The van der Waals surface area contributed by atoms with E-state index in [1.165, 1.54) is 6.08 Å². The van der Waals surface area contributed by atoms with Crippen molar-refractivity contribution in [3.8, 4) is 0 Å². The van der Waals surface area contributed by atoms with Gasteiger partial charge in [0.1, 0.15) is 0 Å². The minimum absolute atomic E-state index is 0.0582. The van der Waals surface area contributed by atoms with Gasteiger partial charge >= 0.3 is 0 Å². The molecule has 0 aromatic heterocycles. The molecular weight excluding hydrogens is 150 g/mol. The molecule has 0 saturated carbocycles. The van der Waals surface area contributed by atoms with Gasteiger partial charge < -0.3 is 4.90 Å². The van der Waals surface area contributed by atoms with E-state index in [0.29, 0.717) is 0 Å². The lowest BCUT2D eigenvalue weighted by molar-refractivity contribution is -0.125. The summed E-state index contributed by atoms with van der Waals surface area (Å²) < 4.78 is 0. The van der Waals surface area contributed by atoms with Crippen LogP contribution in [0.4, 0.5) is 0 Å². The van der Waals surface area contributed by atoms with E-state index in [-0.39, 0.29) is 11.9 Å². The van der Waals surface area contributed by atoms with E-state index in [4.69, 9.17) is 0 Å². The van der Waals surface area contributed by atoms with Gasteiger partial charge in [0.2, 0.25) is 5.91 Å². The number of hydrogen-bond donors (Lipinski definition) is 0. The number of rotatable bonds is 4.